The lowest BCUT2D eigenvalue weighted by Crippen LogP contribution is -2.45. The molecule has 31 heavy (non-hydrogen) atoms. The van der Waals surface area contributed by atoms with Crippen LogP contribution in [0.15, 0.2) is 42.5 Å². The summed E-state index contributed by atoms with van der Waals surface area (Å²) in [6.07, 6.45) is 1.51. The lowest BCUT2D eigenvalue weighted by molar-refractivity contribution is -0.141. The lowest BCUT2D eigenvalue weighted by atomic mass is 10.1. The monoisotopic (exact) mass is 446 g/mol. The third-order valence-corrected chi connectivity index (χ3v) is 5.71. The number of carbonyl (C=O) groups excluding carboxylic acids is 1. The molecule has 2 aromatic rings. The summed E-state index contributed by atoms with van der Waals surface area (Å²) in [6, 6.07) is 10.6. The Morgan fingerprint density at radius 2 is 1.77 bits per heavy atom. The highest BCUT2D eigenvalue weighted by molar-refractivity contribution is 7.84. The number of aliphatic carboxylic acids is 1. The molecule has 0 saturated carbocycles. The van der Waals surface area contributed by atoms with Crippen molar-refractivity contribution in [1.82, 2.24) is 5.32 Å². The summed E-state index contributed by atoms with van der Waals surface area (Å²) in [4.78, 5) is 37.3. The van der Waals surface area contributed by atoms with Crippen molar-refractivity contribution < 1.29 is 28.8 Å². The third-order valence-electron chi connectivity index (χ3n) is 4.90. The van der Waals surface area contributed by atoms with E-state index in [1.54, 1.807) is 17.0 Å². The molecule has 8 nitrogen and oxygen atoms in total. The molecule has 166 valence electrons. The first-order chi connectivity index (χ1) is 14.6. The molecule has 0 spiro atoms. The number of amides is 1. The summed E-state index contributed by atoms with van der Waals surface area (Å²) in [5, 5.41) is 21.2. The van der Waals surface area contributed by atoms with Crippen LogP contribution in [0.25, 0.3) is 0 Å². The van der Waals surface area contributed by atoms with Crippen molar-refractivity contribution in [2.24, 2.45) is 0 Å². The van der Waals surface area contributed by atoms with Gasteiger partial charge in [-0.2, -0.15) is 0 Å². The van der Waals surface area contributed by atoms with Crippen molar-refractivity contribution in [3.8, 4) is 0 Å². The van der Waals surface area contributed by atoms with Crippen molar-refractivity contribution >= 4 is 40.0 Å². The third kappa shape index (κ3) is 6.65. The summed E-state index contributed by atoms with van der Waals surface area (Å²) in [7, 11) is -1.18. The fraction of sp³-hybridized carbons (Fsp3) is 0.318. The Bertz CT molecular complexity index is 1010. The van der Waals surface area contributed by atoms with Crippen molar-refractivity contribution in [2.75, 3.05) is 23.5 Å². The van der Waals surface area contributed by atoms with Crippen LogP contribution >= 0.6 is 0 Å². The zero-order chi connectivity index (χ0) is 23.1. The van der Waals surface area contributed by atoms with Crippen LogP contribution in [0.5, 0.6) is 0 Å². The maximum absolute atomic E-state index is 12.8. The number of aromatic carboxylic acids is 1. The minimum Gasteiger partial charge on any atom is -0.480 e. The van der Waals surface area contributed by atoms with Crippen LogP contribution in [0.2, 0.25) is 0 Å². The molecule has 1 amide bonds. The van der Waals surface area contributed by atoms with Gasteiger partial charge in [-0.05, 0) is 55.7 Å². The number of hydrogen-bond acceptors (Lipinski definition) is 5. The van der Waals surface area contributed by atoms with Crippen LogP contribution in [-0.4, -0.2) is 56.9 Å². The second kappa shape index (κ2) is 10.7. The van der Waals surface area contributed by atoms with Crippen LogP contribution in [0, 0.1) is 13.8 Å². The Labute approximate surface area is 183 Å². The molecule has 9 heteroatoms. The van der Waals surface area contributed by atoms with E-state index >= 15 is 0 Å². The van der Waals surface area contributed by atoms with Crippen LogP contribution in [0.1, 0.15) is 27.9 Å². The van der Waals surface area contributed by atoms with Gasteiger partial charge < -0.3 is 20.4 Å². The molecule has 0 aromatic heterocycles. The van der Waals surface area contributed by atoms with Gasteiger partial charge in [-0.15, -0.1) is 0 Å². The number of benzene rings is 2. The molecule has 0 saturated heterocycles. The number of carboxylic acid groups (broad SMARTS) is 2. The second-order valence-electron chi connectivity index (χ2n) is 7.18. The van der Waals surface area contributed by atoms with E-state index < -0.39 is 34.7 Å². The smallest absolute Gasteiger partial charge is 0.335 e. The van der Waals surface area contributed by atoms with E-state index in [2.05, 4.69) is 5.32 Å². The largest absolute Gasteiger partial charge is 0.480 e. The Morgan fingerprint density at radius 3 is 2.39 bits per heavy atom. The van der Waals surface area contributed by atoms with E-state index in [9.17, 15) is 28.8 Å². The highest BCUT2D eigenvalue weighted by Gasteiger charge is 2.23. The van der Waals surface area contributed by atoms with Crippen LogP contribution in [0.4, 0.5) is 11.4 Å². The van der Waals surface area contributed by atoms with Gasteiger partial charge in [0, 0.05) is 34.2 Å². The highest BCUT2D eigenvalue weighted by Crippen LogP contribution is 2.30. The SMILES string of the molecule is Cc1cccc(N(CC(=O)NC(CCS(C)=O)C(=O)O)c2cccc(C(=O)O)c2)c1C. The van der Waals surface area contributed by atoms with E-state index in [4.69, 9.17) is 0 Å². The standard InChI is InChI=1S/C22H26N2O6S/c1-14-6-4-9-19(15(14)2)24(17-8-5-7-16(12-17)21(26)27)13-20(25)23-18(22(28)29)10-11-31(3)30/h4-9,12,18H,10-11,13H2,1-3H3,(H,23,25)(H,26,27)(H,28,29). The first-order valence-corrected chi connectivity index (χ1v) is 11.3. The Balaban J connectivity index is 2.37. The molecular formula is C22H26N2O6S. The van der Waals surface area contributed by atoms with Gasteiger partial charge in [-0.25, -0.2) is 9.59 Å². The average molecular weight is 447 g/mol. The van der Waals surface area contributed by atoms with Crippen LogP contribution in [0.3, 0.4) is 0 Å². The first-order valence-electron chi connectivity index (χ1n) is 9.59. The maximum atomic E-state index is 12.8. The molecule has 0 fully saturated rings. The minimum atomic E-state index is -1.20. The summed E-state index contributed by atoms with van der Waals surface area (Å²) in [5.41, 5.74) is 3.17. The number of carbonyl (C=O) groups is 3. The summed E-state index contributed by atoms with van der Waals surface area (Å²) in [6.45, 7) is 3.61. The summed E-state index contributed by atoms with van der Waals surface area (Å²) < 4.78 is 11.3. The van der Waals surface area contributed by atoms with Gasteiger partial charge in [-0.1, -0.05) is 18.2 Å². The molecule has 0 heterocycles. The fourth-order valence-corrected chi connectivity index (χ4v) is 3.64. The average Bonchev–Trinajstić information content (AvgIpc) is 2.71. The predicted molar refractivity (Wildman–Crippen MR) is 119 cm³/mol. The van der Waals surface area contributed by atoms with Gasteiger partial charge in [-0.3, -0.25) is 9.00 Å². The van der Waals surface area contributed by atoms with E-state index in [0.717, 1.165) is 11.1 Å². The van der Waals surface area contributed by atoms with Gasteiger partial charge in [0.2, 0.25) is 5.91 Å². The molecule has 0 aliphatic rings. The molecule has 2 atom stereocenters. The van der Waals surface area contributed by atoms with Gasteiger partial charge >= 0.3 is 11.9 Å². The Hall–Kier alpha value is -3.20. The van der Waals surface area contributed by atoms with E-state index in [1.807, 2.05) is 32.0 Å². The highest BCUT2D eigenvalue weighted by atomic mass is 32.2. The van der Waals surface area contributed by atoms with Crippen LogP contribution in [-0.2, 0) is 20.4 Å². The number of nitrogens with one attached hydrogen (secondary N) is 1. The molecule has 2 unspecified atom stereocenters. The zero-order valence-corrected chi connectivity index (χ0v) is 18.4. The molecule has 0 aliphatic carbocycles. The number of anilines is 2. The normalized spacial score (nSPS) is 12.6. The molecule has 2 aromatic carbocycles. The van der Waals surface area contributed by atoms with Gasteiger partial charge in [0.05, 0.1) is 5.56 Å². The minimum absolute atomic E-state index is 0.0438. The number of carboxylic acids is 2. The Morgan fingerprint density at radius 1 is 1.10 bits per heavy atom. The quantitative estimate of drug-likeness (QED) is 0.512. The summed E-state index contributed by atoms with van der Waals surface area (Å²) in [5.74, 6) is -2.69. The second-order valence-corrected chi connectivity index (χ2v) is 8.74. The fourth-order valence-electron chi connectivity index (χ4n) is 3.08. The predicted octanol–water partition coefficient (Wildman–Crippen LogP) is 2.48. The first kappa shape index (κ1) is 24.1. The topological polar surface area (TPSA) is 124 Å². The van der Waals surface area contributed by atoms with E-state index in [0.29, 0.717) is 11.4 Å². The molecular weight excluding hydrogens is 420 g/mol. The number of aryl methyl sites for hydroxylation is 1. The maximum Gasteiger partial charge on any atom is 0.335 e. The molecule has 0 bridgehead atoms. The van der Waals surface area contributed by atoms with E-state index in [-0.39, 0.29) is 24.3 Å². The number of nitrogens with zero attached hydrogens (tertiary/aromatic N) is 1. The van der Waals surface area contributed by atoms with Crippen molar-refractivity contribution in [3.05, 3.63) is 59.2 Å². The summed E-state index contributed by atoms with van der Waals surface area (Å²) >= 11 is 0. The number of hydrogen-bond donors (Lipinski definition) is 3. The number of rotatable bonds is 10. The van der Waals surface area contributed by atoms with Crippen molar-refractivity contribution in [3.63, 3.8) is 0 Å². The van der Waals surface area contributed by atoms with Crippen LogP contribution < -0.4 is 10.2 Å². The van der Waals surface area contributed by atoms with Gasteiger partial charge in [0.15, 0.2) is 0 Å². The van der Waals surface area contributed by atoms with Crippen molar-refractivity contribution in [1.29, 1.82) is 0 Å². The zero-order valence-electron chi connectivity index (χ0n) is 17.6. The lowest BCUT2D eigenvalue weighted by Gasteiger charge is -2.27. The molecule has 3 N–H and O–H groups in total. The molecule has 0 radical (unpaired) electrons. The van der Waals surface area contributed by atoms with Crippen molar-refractivity contribution in [2.45, 2.75) is 26.3 Å². The van der Waals surface area contributed by atoms with Gasteiger partial charge in [0.1, 0.15) is 12.6 Å². The van der Waals surface area contributed by atoms with Gasteiger partial charge in [0.25, 0.3) is 0 Å². The molecule has 0 aliphatic heterocycles. The Kier molecular flexibility index (Phi) is 8.32. The van der Waals surface area contributed by atoms with E-state index in [1.165, 1.54) is 18.4 Å². The molecule has 2 rings (SSSR count).